The van der Waals surface area contributed by atoms with Gasteiger partial charge in [0.1, 0.15) is 0 Å². The summed E-state index contributed by atoms with van der Waals surface area (Å²) < 4.78 is 1.60. The van der Waals surface area contributed by atoms with Crippen LogP contribution in [0.25, 0.3) is 4.96 Å². The van der Waals surface area contributed by atoms with E-state index in [0.717, 1.165) is 43.1 Å². The molecule has 1 aliphatic rings. The largest absolute Gasteiger partial charge is 0.330 e. The van der Waals surface area contributed by atoms with Crippen LogP contribution in [0.15, 0.2) is 52.8 Å². The van der Waals surface area contributed by atoms with Gasteiger partial charge in [0.15, 0.2) is 4.96 Å². The van der Waals surface area contributed by atoms with Gasteiger partial charge in [0.25, 0.3) is 5.56 Å². The lowest BCUT2D eigenvalue weighted by Crippen LogP contribution is -2.37. The van der Waals surface area contributed by atoms with Gasteiger partial charge in [-0.25, -0.2) is 4.98 Å². The van der Waals surface area contributed by atoms with Crippen LogP contribution in [0.4, 0.5) is 0 Å². The number of nitrogens with zero attached hydrogens (tertiary/aromatic N) is 3. The molecule has 0 spiro atoms. The predicted octanol–water partition coefficient (Wildman–Crippen LogP) is 2.71. The van der Waals surface area contributed by atoms with Gasteiger partial charge < -0.3 is 5.73 Å². The Morgan fingerprint density at radius 1 is 1.23 bits per heavy atom. The van der Waals surface area contributed by atoms with E-state index in [4.69, 9.17) is 5.73 Å². The first-order valence-electron chi connectivity index (χ1n) is 9.18. The Morgan fingerprint density at radius 3 is 2.73 bits per heavy atom. The molecule has 2 N–H and O–H groups in total. The monoisotopic (exact) mass is 368 g/mol. The molecule has 0 radical (unpaired) electrons. The van der Waals surface area contributed by atoms with Crippen molar-refractivity contribution in [3.63, 3.8) is 0 Å². The van der Waals surface area contributed by atoms with Gasteiger partial charge in [-0.1, -0.05) is 30.3 Å². The van der Waals surface area contributed by atoms with Crippen LogP contribution in [0.2, 0.25) is 0 Å². The molecule has 0 aliphatic carbocycles. The van der Waals surface area contributed by atoms with Crippen LogP contribution < -0.4 is 11.3 Å². The van der Waals surface area contributed by atoms with Crippen molar-refractivity contribution in [2.45, 2.75) is 25.3 Å². The van der Waals surface area contributed by atoms with E-state index in [1.165, 1.54) is 16.9 Å². The summed E-state index contributed by atoms with van der Waals surface area (Å²) in [4.78, 5) is 19.9. The van der Waals surface area contributed by atoms with Crippen molar-refractivity contribution in [1.82, 2.24) is 14.3 Å². The van der Waals surface area contributed by atoms with E-state index < -0.39 is 0 Å². The van der Waals surface area contributed by atoms with E-state index in [2.05, 4.69) is 40.2 Å². The lowest BCUT2D eigenvalue weighted by Gasteiger charge is -2.35. The first-order valence-corrected chi connectivity index (χ1v) is 10.1. The SMILES string of the molecule is NCC(c1ccccc1)C1CCN(Cc2cc(=O)n3ccsc3n2)CC1. The summed E-state index contributed by atoms with van der Waals surface area (Å²) in [6.45, 7) is 3.50. The predicted molar refractivity (Wildman–Crippen MR) is 106 cm³/mol. The summed E-state index contributed by atoms with van der Waals surface area (Å²) in [5.41, 5.74) is 8.32. The summed E-state index contributed by atoms with van der Waals surface area (Å²) in [6.07, 6.45) is 4.05. The fraction of sp³-hybridized carbons (Fsp3) is 0.400. The molecule has 1 atom stereocenters. The molecule has 4 rings (SSSR count). The third kappa shape index (κ3) is 3.58. The van der Waals surface area contributed by atoms with Crippen LogP contribution in [0.3, 0.4) is 0 Å². The zero-order valence-electron chi connectivity index (χ0n) is 14.8. The van der Waals surface area contributed by atoms with Gasteiger partial charge in [-0.2, -0.15) is 0 Å². The van der Waals surface area contributed by atoms with Crippen LogP contribution in [0.5, 0.6) is 0 Å². The number of hydrogen-bond donors (Lipinski definition) is 1. The molecule has 6 heteroatoms. The normalized spacial score (nSPS) is 17.6. The maximum absolute atomic E-state index is 12.1. The average molecular weight is 369 g/mol. The van der Waals surface area contributed by atoms with Crippen molar-refractivity contribution in [3.05, 3.63) is 69.6 Å². The van der Waals surface area contributed by atoms with Gasteiger partial charge in [-0.3, -0.25) is 14.1 Å². The minimum Gasteiger partial charge on any atom is -0.330 e. The molecular weight excluding hydrogens is 344 g/mol. The van der Waals surface area contributed by atoms with E-state index in [1.807, 2.05) is 5.38 Å². The van der Waals surface area contributed by atoms with Crippen molar-refractivity contribution in [3.8, 4) is 0 Å². The average Bonchev–Trinajstić information content (AvgIpc) is 3.14. The van der Waals surface area contributed by atoms with Crippen LogP contribution in [0, 0.1) is 5.92 Å². The lowest BCUT2D eigenvalue weighted by atomic mass is 9.80. The second-order valence-corrected chi connectivity index (χ2v) is 7.88. The molecule has 3 aromatic rings. The highest BCUT2D eigenvalue weighted by Gasteiger charge is 2.27. The molecular formula is C20H24N4OS. The van der Waals surface area contributed by atoms with Gasteiger partial charge in [0, 0.05) is 24.2 Å². The Balaban J connectivity index is 1.40. The van der Waals surface area contributed by atoms with Gasteiger partial charge in [0.05, 0.1) is 5.69 Å². The number of thiazole rings is 1. The van der Waals surface area contributed by atoms with E-state index >= 15 is 0 Å². The smallest absolute Gasteiger partial charge is 0.258 e. The number of rotatable bonds is 5. The Bertz CT molecular complexity index is 912. The molecule has 0 bridgehead atoms. The summed E-state index contributed by atoms with van der Waals surface area (Å²) >= 11 is 1.50. The molecule has 136 valence electrons. The maximum Gasteiger partial charge on any atom is 0.258 e. The number of aromatic nitrogens is 2. The van der Waals surface area contributed by atoms with Crippen LogP contribution in [0.1, 0.15) is 30.0 Å². The Hall–Kier alpha value is -2.02. The number of benzene rings is 1. The second kappa shape index (κ2) is 7.70. The maximum atomic E-state index is 12.1. The summed E-state index contributed by atoms with van der Waals surface area (Å²) in [6, 6.07) is 12.3. The highest BCUT2D eigenvalue weighted by Crippen LogP contribution is 2.32. The van der Waals surface area contributed by atoms with Crippen LogP contribution in [-0.2, 0) is 6.54 Å². The first kappa shape index (κ1) is 17.4. The highest BCUT2D eigenvalue weighted by molar-refractivity contribution is 7.15. The number of likely N-dealkylation sites (tertiary alicyclic amines) is 1. The van der Waals surface area contributed by atoms with Crippen molar-refractivity contribution in [2.24, 2.45) is 11.7 Å². The highest BCUT2D eigenvalue weighted by atomic mass is 32.1. The number of fused-ring (bicyclic) bond motifs is 1. The first-order chi connectivity index (χ1) is 12.7. The van der Waals surface area contributed by atoms with E-state index in [-0.39, 0.29) is 5.56 Å². The van der Waals surface area contributed by atoms with Gasteiger partial charge >= 0.3 is 0 Å². The quantitative estimate of drug-likeness (QED) is 0.752. The van der Waals surface area contributed by atoms with Crippen molar-refractivity contribution in [2.75, 3.05) is 19.6 Å². The molecule has 1 unspecified atom stereocenters. The molecule has 26 heavy (non-hydrogen) atoms. The van der Waals surface area contributed by atoms with Gasteiger partial charge in [0.2, 0.25) is 0 Å². The number of nitrogens with two attached hydrogens (primary N) is 1. The molecule has 1 fully saturated rings. The summed E-state index contributed by atoms with van der Waals surface area (Å²) in [5, 5.41) is 1.90. The zero-order valence-corrected chi connectivity index (χ0v) is 15.6. The zero-order chi connectivity index (χ0) is 17.9. The molecule has 0 amide bonds. The minimum atomic E-state index is 0.00779. The van der Waals surface area contributed by atoms with Gasteiger partial charge in [-0.15, -0.1) is 11.3 Å². The molecule has 5 nitrogen and oxygen atoms in total. The fourth-order valence-electron chi connectivity index (χ4n) is 4.01. The molecule has 3 heterocycles. The van der Waals surface area contributed by atoms with E-state index in [1.54, 1.807) is 16.7 Å². The van der Waals surface area contributed by atoms with Crippen molar-refractivity contribution < 1.29 is 0 Å². The standard InChI is InChI=1S/C20H24N4OS/c21-13-18(15-4-2-1-3-5-15)16-6-8-23(9-7-16)14-17-12-19(25)24-10-11-26-20(24)22-17/h1-5,10-12,16,18H,6-9,13-14,21H2. The number of hydrogen-bond acceptors (Lipinski definition) is 5. The topological polar surface area (TPSA) is 63.6 Å². The van der Waals surface area contributed by atoms with Gasteiger partial charge in [-0.05, 0) is 49.9 Å². The lowest BCUT2D eigenvalue weighted by molar-refractivity contribution is 0.161. The fourth-order valence-corrected chi connectivity index (χ4v) is 4.75. The molecule has 1 saturated heterocycles. The Morgan fingerprint density at radius 2 is 2.00 bits per heavy atom. The third-order valence-electron chi connectivity index (χ3n) is 5.42. The molecule has 1 aromatic carbocycles. The van der Waals surface area contributed by atoms with Crippen LogP contribution in [-0.4, -0.2) is 33.9 Å². The van der Waals surface area contributed by atoms with Crippen LogP contribution >= 0.6 is 11.3 Å². The van der Waals surface area contributed by atoms with E-state index in [9.17, 15) is 4.79 Å². The Kier molecular flexibility index (Phi) is 5.15. The third-order valence-corrected chi connectivity index (χ3v) is 6.18. The molecule has 1 aliphatic heterocycles. The molecule has 2 aromatic heterocycles. The summed E-state index contributed by atoms with van der Waals surface area (Å²) in [5.74, 6) is 1.06. The number of piperidine rings is 1. The minimum absolute atomic E-state index is 0.00779. The Labute approximate surface area is 157 Å². The van der Waals surface area contributed by atoms with Crippen molar-refractivity contribution in [1.29, 1.82) is 0 Å². The van der Waals surface area contributed by atoms with Crippen molar-refractivity contribution >= 4 is 16.3 Å². The summed E-state index contributed by atoms with van der Waals surface area (Å²) in [7, 11) is 0. The molecule has 0 saturated carbocycles. The second-order valence-electron chi connectivity index (χ2n) is 7.01. The van der Waals surface area contributed by atoms with E-state index in [0.29, 0.717) is 18.4 Å².